The van der Waals surface area contributed by atoms with Crippen molar-refractivity contribution >= 4 is 22.0 Å². The highest BCUT2D eigenvalue weighted by atomic mass is 32.2. The lowest BCUT2D eigenvalue weighted by atomic mass is 9.96. The van der Waals surface area contributed by atoms with Gasteiger partial charge >= 0.3 is 0 Å². The van der Waals surface area contributed by atoms with Crippen LogP contribution in [0.4, 0.5) is 0 Å². The Morgan fingerprint density at radius 2 is 1.63 bits per heavy atom. The second-order valence-electron chi connectivity index (χ2n) is 9.02. The molecule has 0 atom stereocenters. The predicted octanol–water partition coefficient (Wildman–Crippen LogP) is 4.16. The minimum Gasteiger partial charge on any atom is -0.341 e. The maximum Gasteiger partial charge on any atom is 0.236 e. The molecule has 35 heavy (non-hydrogen) atoms. The summed E-state index contributed by atoms with van der Waals surface area (Å²) >= 11 is 0. The number of hydrogen-bond donors (Lipinski definition) is 0. The standard InChI is InChI=1S/C27H32N4O3S/c1-21-26(22(2)31(28-21)25-12-8-5-9-13-25)20-29(3)27(32)24-14-17-30(18-15-24)35(33,34)19-16-23-10-6-4-7-11-23/h4-13,16,19,24H,14-15,17-18,20H2,1-3H3/b19-16+. The van der Waals surface area contributed by atoms with Gasteiger partial charge in [-0.2, -0.15) is 9.40 Å². The Labute approximate surface area is 207 Å². The summed E-state index contributed by atoms with van der Waals surface area (Å²) in [6, 6.07) is 19.3. The zero-order chi connectivity index (χ0) is 25.0. The summed E-state index contributed by atoms with van der Waals surface area (Å²) in [5.74, 6) is -0.137. The van der Waals surface area contributed by atoms with E-state index < -0.39 is 10.0 Å². The van der Waals surface area contributed by atoms with Crippen molar-refractivity contribution in [1.29, 1.82) is 0 Å². The summed E-state index contributed by atoms with van der Waals surface area (Å²) in [5, 5.41) is 5.94. The molecule has 2 aromatic carbocycles. The summed E-state index contributed by atoms with van der Waals surface area (Å²) in [5.41, 5.74) is 4.78. The number of carbonyl (C=O) groups is 1. The van der Waals surface area contributed by atoms with E-state index in [1.165, 1.54) is 9.71 Å². The second-order valence-corrected chi connectivity index (χ2v) is 10.8. The average Bonchev–Trinajstić information content (AvgIpc) is 3.16. The fourth-order valence-electron chi connectivity index (χ4n) is 4.52. The van der Waals surface area contributed by atoms with Crippen LogP contribution in [0.15, 0.2) is 66.1 Å². The first kappa shape index (κ1) is 24.9. The first-order valence-corrected chi connectivity index (χ1v) is 13.4. The van der Waals surface area contributed by atoms with Crippen LogP contribution in [0.1, 0.15) is 35.4 Å². The number of sulfonamides is 1. The van der Waals surface area contributed by atoms with Crippen LogP contribution in [-0.2, 0) is 21.4 Å². The highest BCUT2D eigenvalue weighted by Gasteiger charge is 2.31. The third-order valence-corrected chi connectivity index (χ3v) is 8.17. The van der Waals surface area contributed by atoms with Gasteiger partial charge in [-0.3, -0.25) is 4.79 Å². The van der Waals surface area contributed by atoms with Crippen molar-refractivity contribution in [3.63, 3.8) is 0 Å². The van der Waals surface area contributed by atoms with Gasteiger partial charge < -0.3 is 4.90 Å². The minimum atomic E-state index is -3.52. The van der Waals surface area contributed by atoms with Gasteiger partial charge in [0.05, 0.1) is 11.4 Å². The predicted molar refractivity (Wildman–Crippen MR) is 138 cm³/mol. The average molecular weight is 493 g/mol. The van der Waals surface area contributed by atoms with E-state index in [0.717, 1.165) is 28.2 Å². The number of benzene rings is 2. The summed E-state index contributed by atoms with van der Waals surface area (Å²) in [7, 11) is -1.71. The molecule has 0 saturated carbocycles. The maximum atomic E-state index is 13.2. The van der Waals surface area contributed by atoms with Gasteiger partial charge in [-0.15, -0.1) is 0 Å². The SMILES string of the molecule is Cc1nn(-c2ccccc2)c(C)c1CN(C)C(=O)C1CCN(S(=O)(=O)/C=C/c2ccccc2)CC1. The Morgan fingerprint density at radius 1 is 1.03 bits per heavy atom. The number of carbonyl (C=O) groups excluding carboxylic acids is 1. The Balaban J connectivity index is 1.37. The molecular formula is C27H32N4O3S. The third kappa shape index (κ3) is 5.71. The molecule has 0 radical (unpaired) electrons. The molecule has 184 valence electrons. The fraction of sp³-hybridized carbons (Fsp3) is 0.333. The Kier molecular flexibility index (Phi) is 7.52. The van der Waals surface area contributed by atoms with E-state index in [9.17, 15) is 13.2 Å². The van der Waals surface area contributed by atoms with E-state index in [1.807, 2.05) is 86.2 Å². The van der Waals surface area contributed by atoms with Crippen molar-refractivity contribution in [2.24, 2.45) is 5.92 Å². The van der Waals surface area contributed by atoms with Gasteiger partial charge in [0.1, 0.15) is 0 Å². The van der Waals surface area contributed by atoms with E-state index in [2.05, 4.69) is 5.10 Å². The molecular weight excluding hydrogens is 460 g/mol. The van der Waals surface area contributed by atoms with Crippen LogP contribution in [0.25, 0.3) is 11.8 Å². The third-order valence-electron chi connectivity index (χ3n) is 6.61. The summed E-state index contributed by atoms with van der Waals surface area (Å²) < 4.78 is 28.9. The van der Waals surface area contributed by atoms with Crippen LogP contribution in [-0.4, -0.2) is 53.4 Å². The number of amides is 1. The summed E-state index contributed by atoms with van der Waals surface area (Å²) in [6.45, 7) is 5.15. The highest BCUT2D eigenvalue weighted by molar-refractivity contribution is 7.92. The zero-order valence-electron chi connectivity index (χ0n) is 20.5. The molecule has 2 heterocycles. The molecule has 1 amide bonds. The molecule has 0 spiro atoms. The highest BCUT2D eigenvalue weighted by Crippen LogP contribution is 2.25. The summed E-state index contributed by atoms with van der Waals surface area (Å²) in [6.07, 6.45) is 2.65. The first-order valence-electron chi connectivity index (χ1n) is 11.8. The molecule has 8 heteroatoms. The molecule has 0 bridgehead atoms. The number of piperidine rings is 1. The van der Waals surface area contributed by atoms with Gasteiger partial charge in [-0.25, -0.2) is 13.1 Å². The number of hydrogen-bond acceptors (Lipinski definition) is 4. The monoisotopic (exact) mass is 492 g/mol. The van der Waals surface area contributed by atoms with Crippen LogP contribution in [0.2, 0.25) is 0 Å². The largest absolute Gasteiger partial charge is 0.341 e. The molecule has 1 aromatic heterocycles. The van der Waals surface area contributed by atoms with E-state index in [-0.39, 0.29) is 11.8 Å². The number of aromatic nitrogens is 2. The molecule has 7 nitrogen and oxygen atoms in total. The van der Waals surface area contributed by atoms with Gasteiger partial charge in [0.2, 0.25) is 15.9 Å². The molecule has 4 rings (SSSR count). The van der Waals surface area contributed by atoms with E-state index in [0.29, 0.717) is 32.5 Å². The van der Waals surface area contributed by atoms with Gasteiger partial charge in [0.15, 0.2) is 0 Å². The fourth-order valence-corrected chi connectivity index (χ4v) is 5.74. The van der Waals surface area contributed by atoms with Crippen molar-refractivity contribution in [2.75, 3.05) is 20.1 Å². The van der Waals surface area contributed by atoms with Gasteiger partial charge in [-0.1, -0.05) is 48.5 Å². The van der Waals surface area contributed by atoms with Crippen molar-refractivity contribution in [1.82, 2.24) is 19.0 Å². The summed E-state index contributed by atoms with van der Waals surface area (Å²) in [4.78, 5) is 14.9. The van der Waals surface area contributed by atoms with Gasteiger partial charge in [0.25, 0.3) is 0 Å². The zero-order valence-corrected chi connectivity index (χ0v) is 21.3. The molecule has 1 saturated heterocycles. The van der Waals surface area contributed by atoms with Crippen molar-refractivity contribution in [3.8, 4) is 5.69 Å². The van der Waals surface area contributed by atoms with Crippen molar-refractivity contribution in [3.05, 3.63) is 88.6 Å². The lowest BCUT2D eigenvalue weighted by molar-refractivity contribution is -0.135. The van der Waals surface area contributed by atoms with E-state index in [4.69, 9.17) is 0 Å². The lowest BCUT2D eigenvalue weighted by Gasteiger charge is -2.32. The van der Waals surface area contributed by atoms with Crippen LogP contribution in [0.5, 0.6) is 0 Å². The van der Waals surface area contributed by atoms with Crippen molar-refractivity contribution in [2.45, 2.75) is 33.2 Å². The van der Waals surface area contributed by atoms with Crippen LogP contribution in [0.3, 0.4) is 0 Å². The molecule has 0 aliphatic carbocycles. The quantitative estimate of drug-likeness (QED) is 0.496. The molecule has 1 aliphatic rings. The molecule has 0 N–H and O–H groups in total. The maximum absolute atomic E-state index is 13.2. The topological polar surface area (TPSA) is 75.5 Å². The number of rotatable bonds is 7. The first-order chi connectivity index (χ1) is 16.8. The number of para-hydroxylation sites is 1. The molecule has 1 fully saturated rings. The molecule has 3 aromatic rings. The van der Waals surface area contributed by atoms with Gasteiger partial charge in [-0.05, 0) is 50.5 Å². The van der Waals surface area contributed by atoms with Crippen LogP contribution < -0.4 is 0 Å². The van der Waals surface area contributed by atoms with Crippen molar-refractivity contribution < 1.29 is 13.2 Å². The minimum absolute atomic E-state index is 0.0492. The normalized spacial score (nSPS) is 15.5. The smallest absolute Gasteiger partial charge is 0.236 e. The lowest BCUT2D eigenvalue weighted by Crippen LogP contribution is -2.42. The van der Waals surface area contributed by atoms with E-state index in [1.54, 1.807) is 11.0 Å². The van der Waals surface area contributed by atoms with E-state index >= 15 is 0 Å². The molecule has 0 unspecified atom stereocenters. The van der Waals surface area contributed by atoms with Gasteiger partial charge in [0, 0.05) is 49.3 Å². The van der Waals surface area contributed by atoms with Crippen LogP contribution >= 0.6 is 0 Å². The number of nitrogens with zero attached hydrogens (tertiary/aromatic N) is 4. The number of aryl methyl sites for hydroxylation is 1. The molecule has 1 aliphatic heterocycles. The second kappa shape index (κ2) is 10.6. The Hall–Kier alpha value is -3.23. The Morgan fingerprint density at radius 3 is 2.26 bits per heavy atom. The van der Waals surface area contributed by atoms with Crippen LogP contribution in [0, 0.1) is 19.8 Å². The Bertz CT molecular complexity index is 1290.